The van der Waals surface area contributed by atoms with E-state index >= 15 is 0 Å². The Kier molecular flexibility index (Phi) is 3.91. The van der Waals surface area contributed by atoms with Gasteiger partial charge in [-0.15, -0.1) is 0 Å². The number of carbonyl (C=O) groups excluding carboxylic acids is 2. The lowest BCUT2D eigenvalue weighted by atomic mass is 10.3. The number of hydrogen-bond donors (Lipinski definition) is 0. The molecule has 0 atom stereocenters. The maximum absolute atomic E-state index is 12.2. The molecule has 0 unspecified atom stereocenters. The zero-order valence-electron chi connectivity index (χ0n) is 12.5. The highest BCUT2D eigenvalue weighted by Crippen LogP contribution is 2.09. The zero-order valence-corrected chi connectivity index (χ0v) is 12.5. The quantitative estimate of drug-likeness (QED) is 0.778. The first-order chi connectivity index (χ1) is 10.6. The molecule has 0 saturated carbocycles. The molecule has 1 aliphatic rings. The third kappa shape index (κ3) is 2.86. The fourth-order valence-corrected chi connectivity index (χ4v) is 2.58. The molecular formula is C16H18N4O2. The van der Waals surface area contributed by atoms with Gasteiger partial charge in [0.2, 0.25) is 11.8 Å². The van der Waals surface area contributed by atoms with Gasteiger partial charge in [-0.25, -0.2) is 4.98 Å². The molecule has 3 heterocycles. The Morgan fingerprint density at radius 3 is 2.59 bits per heavy atom. The van der Waals surface area contributed by atoms with E-state index in [0.717, 1.165) is 11.3 Å². The third-order valence-corrected chi connectivity index (χ3v) is 3.88. The second-order valence-electron chi connectivity index (χ2n) is 5.28. The van der Waals surface area contributed by atoms with Gasteiger partial charge in [0.1, 0.15) is 5.65 Å². The van der Waals surface area contributed by atoms with E-state index in [4.69, 9.17) is 0 Å². The summed E-state index contributed by atoms with van der Waals surface area (Å²) in [4.78, 5) is 31.3. The lowest BCUT2D eigenvalue weighted by Gasteiger charge is -2.33. The summed E-state index contributed by atoms with van der Waals surface area (Å²) in [5, 5.41) is 0. The minimum atomic E-state index is -0.0333. The van der Waals surface area contributed by atoms with Crippen molar-refractivity contribution in [2.75, 3.05) is 26.2 Å². The molecule has 0 spiro atoms. The van der Waals surface area contributed by atoms with Crippen LogP contribution in [0.3, 0.4) is 0 Å². The molecule has 1 aliphatic heterocycles. The topological polar surface area (TPSA) is 57.9 Å². The van der Waals surface area contributed by atoms with Gasteiger partial charge in [-0.3, -0.25) is 9.59 Å². The van der Waals surface area contributed by atoms with E-state index < -0.39 is 0 Å². The van der Waals surface area contributed by atoms with Gasteiger partial charge in [0.25, 0.3) is 0 Å². The molecule has 22 heavy (non-hydrogen) atoms. The van der Waals surface area contributed by atoms with E-state index in [1.54, 1.807) is 35.1 Å². The number of hydrogen-bond acceptors (Lipinski definition) is 3. The summed E-state index contributed by atoms with van der Waals surface area (Å²) in [5.41, 5.74) is 1.72. The number of pyridine rings is 1. The highest BCUT2D eigenvalue weighted by molar-refractivity contribution is 5.91. The molecule has 2 aromatic heterocycles. The number of aromatic nitrogens is 2. The second-order valence-corrected chi connectivity index (χ2v) is 5.28. The van der Waals surface area contributed by atoms with Crippen molar-refractivity contribution >= 4 is 23.5 Å². The SMILES string of the molecule is CC(=O)N1CCN(C(=O)/C=C/c2cnc3ccccn23)CC1. The van der Waals surface area contributed by atoms with Gasteiger partial charge >= 0.3 is 0 Å². The number of carbonyl (C=O) groups is 2. The molecule has 0 aromatic carbocycles. The van der Waals surface area contributed by atoms with Gasteiger partial charge < -0.3 is 14.2 Å². The summed E-state index contributed by atoms with van der Waals surface area (Å²) in [6.45, 7) is 3.92. The van der Waals surface area contributed by atoms with E-state index in [-0.39, 0.29) is 11.8 Å². The van der Waals surface area contributed by atoms with Crippen molar-refractivity contribution in [1.82, 2.24) is 19.2 Å². The van der Waals surface area contributed by atoms with Gasteiger partial charge in [0.05, 0.1) is 11.9 Å². The maximum Gasteiger partial charge on any atom is 0.246 e. The minimum Gasteiger partial charge on any atom is -0.339 e. The predicted molar refractivity (Wildman–Crippen MR) is 83.1 cm³/mol. The number of nitrogens with zero attached hydrogens (tertiary/aromatic N) is 4. The van der Waals surface area contributed by atoms with Crippen molar-refractivity contribution in [3.8, 4) is 0 Å². The summed E-state index contributed by atoms with van der Waals surface area (Å²) in [6, 6.07) is 5.77. The van der Waals surface area contributed by atoms with Gasteiger partial charge in [-0.1, -0.05) is 6.07 Å². The fourth-order valence-electron chi connectivity index (χ4n) is 2.58. The fraction of sp³-hybridized carbons (Fsp3) is 0.312. The molecule has 6 heteroatoms. The van der Waals surface area contributed by atoms with Gasteiger partial charge in [0.15, 0.2) is 0 Å². The maximum atomic E-state index is 12.2. The van der Waals surface area contributed by atoms with Gasteiger partial charge in [-0.2, -0.15) is 0 Å². The Morgan fingerprint density at radius 2 is 1.86 bits per heavy atom. The summed E-state index contributed by atoms with van der Waals surface area (Å²) in [5.74, 6) is 0.0300. The smallest absolute Gasteiger partial charge is 0.246 e. The van der Waals surface area contributed by atoms with Crippen LogP contribution in [0.5, 0.6) is 0 Å². The average Bonchev–Trinajstić information content (AvgIpc) is 2.96. The summed E-state index contributed by atoms with van der Waals surface area (Å²) in [6.07, 6.45) is 7.00. The summed E-state index contributed by atoms with van der Waals surface area (Å²) >= 11 is 0. The van der Waals surface area contributed by atoms with E-state index in [9.17, 15) is 9.59 Å². The molecule has 1 fully saturated rings. The van der Waals surface area contributed by atoms with Crippen LogP contribution in [0.2, 0.25) is 0 Å². The number of imidazole rings is 1. The van der Waals surface area contributed by atoms with Crippen molar-refractivity contribution in [1.29, 1.82) is 0 Å². The first kappa shape index (κ1) is 14.3. The Bertz CT molecular complexity index is 727. The second kappa shape index (κ2) is 6.01. The standard InChI is InChI=1S/C16H18N4O2/c1-13(21)18-8-10-19(11-9-18)16(22)6-5-14-12-17-15-4-2-3-7-20(14)15/h2-7,12H,8-11H2,1H3/b6-5+. The molecular weight excluding hydrogens is 280 g/mol. The summed E-state index contributed by atoms with van der Waals surface area (Å²) in [7, 11) is 0. The molecule has 1 saturated heterocycles. The number of piperazine rings is 1. The number of amides is 2. The molecule has 0 aliphatic carbocycles. The largest absolute Gasteiger partial charge is 0.339 e. The highest BCUT2D eigenvalue weighted by Gasteiger charge is 2.20. The van der Waals surface area contributed by atoms with E-state index in [0.29, 0.717) is 26.2 Å². The van der Waals surface area contributed by atoms with Crippen LogP contribution in [0.15, 0.2) is 36.7 Å². The molecule has 114 valence electrons. The van der Waals surface area contributed by atoms with Gasteiger partial charge in [-0.05, 0) is 18.2 Å². The van der Waals surface area contributed by atoms with Crippen LogP contribution >= 0.6 is 0 Å². The zero-order chi connectivity index (χ0) is 15.5. The third-order valence-electron chi connectivity index (χ3n) is 3.88. The molecule has 3 rings (SSSR count). The van der Waals surface area contributed by atoms with Crippen LogP contribution in [0, 0.1) is 0 Å². The van der Waals surface area contributed by atoms with Crippen LogP contribution in [0.1, 0.15) is 12.6 Å². The highest BCUT2D eigenvalue weighted by atomic mass is 16.2. The number of fused-ring (bicyclic) bond motifs is 1. The van der Waals surface area contributed by atoms with Crippen molar-refractivity contribution in [2.24, 2.45) is 0 Å². The normalized spacial score (nSPS) is 15.7. The molecule has 0 N–H and O–H groups in total. The van der Waals surface area contributed by atoms with Crippen LogP contribution in [0.4, 0.5) is 0 Å². The first-order valence-corrected chi connectivity index (χ1v) is 7.30. The molecule has 2 amide bonds. The Hall–Kier alpha value is -2.63. The first-order valence-electron chi connectivity index (χ1n) is 7.30. The lowest BCUT2D eigenvalue weighted by Crippen LogP contribution is -2.49. The van der Waals surface area contributed by atoms with Crippen molar-refractivity contribution in [2.45, 2.75) is 6.92 Å². The minimum absolute atomic E-state index is 0.0333. The Labute approximate surface area is 128 Å². The van der Waals surface area contributed by atoms with Crippen molar-refractivity contribution in [3.05, 3.63) is 42.4 Å². The molecule has 6 nitrogen and oxygen atoms in total. The lowest BCUT2D eigenvalue weighted by molar-refractivity contribution is -0.135. The Balaban J connectivity index is 1.66. The van der Waals surface area contributed by atoms with Crippen LogP contribution in [-0.2, 0) is 9.59 Å². The molecule has 0 radical (unpaired) electrons. The van der Waals surface area contributed by atoms with Crippen LogP contribution in [0.25, 0.3) is 11.7 Å². The average molecular weight is 298 g/mol. The van der Waals surface area contributed by atoms with E-state index in [2.05, 4.69) is 4.98 Å². The van der Waals surface area contributed by atoms with Crippen molar-refractivity contribution in [3.63, 3.8) is 0 Å². The van der Waals surface area contributed by atoms with E-state index in [1.165, 1.54) is 0 Å². The van der Waals surface area contributed by atoms with Crippen LogP contribution < -0.4 is 0 Å². The summed E-state index contributed by atoms with van der Waals surface area (Å²) < 4.78 is 1.93. The molecule has 2 aromatic rings. The van der Waals surface area contributed by atoms with Gasteiger partial charge in [0, 0.05) is 45.4 Å². The van der Waals surface area contributed by atoms with Crippen LogP contribution in [-0.4, -0.2) is 57.2 Å². The monoisotopic (exact) mass is 298 g/mol. The predicted octanol–water partition coefficient (Wildman–Crippen LogP) is 1.04. The number of rotatable bonds is 2. The van der Waals surface area contributed by atoms with Crippen molar-refractivity contribution < 1.29 is 9.59 Å². The van der Waals surface area contributed by atoms with E-state index in [1.807, 2.05) is 28.8 Å². The molecule has 0 bridgehead atoms. The Morgan fingerprint density at radius 1 is 1.14 bits per heavy atom.